The van der Waals surface area contributed by atoms with Gasteiger partial charge in [0.1, 0.15) is 0 Å². The topological polar surface area (TPSA) is 66.8 Å². The molecule has 1 rings (SSSR count). The van der Waals surface area contributed by atoms with Gasteiger partial charge in [-0.15, -0.1) is 0 Å². The number of hydrogen-bond acceptors (Lipinski definition) is 4. The maximum atomic E-state index is 12.2. The largest absolute Gasteiger partial charge is 0.394 e. The first kappa shape index (κ1) is 14.9. The van der Waals surface area contributed by atoms with E-state index in [2.05, 4.69) is 0 Å². The van der Waals surface area contributed by atoms with E-state index in [-0.39, 0.29) is 31.1 Å². The predicted octanol–water partition coefficient (Wildman–Crippen LogP) is 0.444. The summed E-state index contributed by atoms with van der Waals surface area (Å²) in [5, 5.41) is 9.03. The van der Waals surface area contributed by atoms with E-state index in [1.807, 2.05) is 20.8 Å². The van der Waals surface area contributed by atoms with Crippen LogP contribution in [0.5, 0.6) is 0 Å². The van der Waals surface area contributed by atoms with Gasteiger partial charge in [-0.05, 0) is 19.3 Å². The van der Waals surface area contributed by atoms with E-state index in [9.17, 15) is 8.42 Å². The summed E-state index contributed by atoms with van der Waals surface area (Å²) < 4.78 is 31.1. The number of ether oxygens (including phenoxy) is 1. The van der Waals surface area contributed by atoms with Gasteiger partial charge >= 0.3 is 0 Å². The molecule has 1 saturated heterocycles. The number of sulfonamides is 1. The number of hydrogen-bond donors (Lipinski definition) is 1. The van der Waals surface area contributed by atoms with Crippen molar-refractivity contribution in [2.24, 2.45) is 5.92 Å². The Hall–Kier alpha value is -0.170. The minimum atomic E-state index is -3.23. The van der Waals surface area contributed by atoms with Gasteiger partial charge in [-0.25, -0.2) is 8.42 Å². The third-order valence-corrected chi connectivity index (χ3v) is 4.94. The van der Waals surface area contributed by atoms with Gasteiger partial charge in [-0.1, -0.05) is 13.8 Å². The van der Waals surface area contributed by atoms with Crippen molar-refractivity contribution in [1.82, 2.24) is 4.31 Å². The van der Waals surface area contributed by atoms with Gasteiger partial charge in [0.2, 0.25) is 10.0 Å². The van der Waals surface area contributed by atoms with Crippen molar-refractivity contribution >= 4 is 10.0 Å². The molecule has 0 aromatic rings. The zero-order valence-electron chi connectivity index (χ0n) is 10.8. The van der Waals surface area contributed by atoms with Gasteiger partial charge in [-0.3, -0.25) is 0 Å². The normalized spacial score (nSPS) is 27.6. The van der Waals surface area contributed by atoms with Crippen molar-refractivity contribution in [2.45, 2.75) is 39.3 Å². The summed E-state index contributed by atoms with van der Waals surface area (Å²) in [7, 11) is -3.23. The zero-order valence-corrected chi connectivity index (χ0v) is 11.6. The molecule has 2 atom stereocenters. The molecule has 5 nitrogen and oxygen atoms in total. The number of aliphatic hydroxyl groups excluding tert-OH is 1. The molecule has 1 aliphatic rings. The van der Waals surface area contributed by atoms with Crippen LogP contribution in [0.2, 0.25) is 0 Å². The van der Waals surface area contributed by atoms with Crippen molar-refractivity contribution in [3.63, 3.8) is 0 Å². The van der Waals surface area contributed by atoms with Crippen molar-refractivity contribution in [1.29, 1.82) is 0 Å². The van der Waals surface area contributed by atoms with Crippen LogP contribution in [0.3, 0.4) is 0 Å². The second-order valence-electron chi connectivity index (χ2n) is 5.06. The van der Waals surface area contributed by atoms with Crippen LogP contribution in [-0.2, 0) is 14.8 Å². The van der Waals surface area contributed by atoms with Crippen LogP contribution in [0, 0.1) is 5.92 Å². The van der Waals surface area contributed by atoms with E-state index in [1.165, 1.54) is 4.31 Å². The van der Waals surface area contributed by atoms with Crippen molar-refractivity contribution in [3.05, 3.63) is 0 Å². The molecule has 0 amide bonds. The molecular formula is C11H23NO4S. The summed E-state index contributed by atoms with van der Waals surface area (Å²) in [6.45, 7) is 6.33. The molecule has 0 aliphatic carbocycles. The molecule has 0 radical (unpaired) electrons. The fourth-order valence-corrected chi connectivity index (χ4v) is 3.80. The van der Waals surface area contributed by atoms with Crippen LogP contribution in [-0.4, -0.2) is 55.5 Å². The number of nitrogens with zero attached hydrogens (tertiary/aromatic N) is 1. The molecule has 1 heterocycles. The van der Waals surface area contributed by atoms with Gasteiger partial charge in [-0.2, -0.15) is 4.31 Å². The molecule has 1 aliphatic heterocycles. The van der Waals surface area contributed by atoms with Gasteiger partial charge in [0, 0.05) is 12.6 Å². The van der Waals surface area contributed by atoms with Crippen LogP contribution in [0.25, 0.3) is 0 Å². The van der Waals surface area contributed by atoms with Crippen LogP contribution in [0.1, 0.15) is 27.2 Å². The lowest BCUT2D eigenvalue weighted by Gasteiger charge is -2.36. The quantitative estimate of drug-likeness (QED) is 0.783. The maximum absolute atomic E-state index is 12.2. The second kappa shape index (κ2) is 6.13. The lowest BCUT2D eigenvalue weighted by molar-refractivity contribution is -0.0516. The summed E-state index contributed by atoms with van der Waals surface area (Å²) >= 11 is 0. The Labute approximate surface area is 104 Å². The molecule has 102 valence electrons. The molecule has 0 saturated carbocycles. The van der Waals surface area contributed by atoms with E-state index < -0.39 is 10.0 Å². The molecule has 0 bridgehead atoms. The second-order valence-corrected chi connectivity index (χ2v) is 7.10. The molecule has 6 heteroatoms. The third-order valence-electron chi connectivity index (χ3n) is 2.96. The lowest BCUT2D eigenvalue weighted by Crippen LogP contribution is -2.52. The summed E-state index contributed by atoms with van der Waals surface area (Å²) in [4.78, 5) is 0. The average molecular weight is 265 g/mol. The minimum absolute atomic E-state index is 0.136. The molecule has 17 heavy (non-hydrogen) atoms. The van der Waals surface area contributed by atoms with Crippen molar-refractivity contribution in [3.8, 4) is 0 Å². The first-order valence-corrected chi connectivity index (χ1v) is 7.69. The third kappa shape index (κ3) is 4.21. The summed E-state index contributed by atoms with van der Waals surface area (Å²) in [5.41, 5.74) is 0. The van der Waals surface area contributed by atoms with Crippen LogP contribution in [0.15, 0.2) is 0 Å². The van der Waals surface area contributed by atoms with E-state index in [1.54, 1.807) is 0 Å². The predicted molar refractivity (Wildman–Crippen MR) is 66.2 cm³/mol. The SMILES string of the molecule is CC(C)CCS(=O)(=O)N1CC(CO)OCC1C. The highest BCUT2D eigenvalue weighted by molar-refractivity contribution is 7.89. The number of morpholine rings is 1. The highest BCUT2D eigenvalue weighted by Crippen LogP contribution is 2.18. The van der Waals surface area contributed by atoms with Gasteiger partial charge in [0.15, 0.2) is 0 Å². The summed E-state index contributed by atoms with van der Waals surface area (Å²) in [6, 6.07) is -0.144. The molecular weight excluding hydrogens is 242 g/mol. The number of aliphatic hydroxyl groups is 1. The Bertz CT molecular complexity index is 328. The van der Waals surface area contributed by atoms with Crippen LogP contribution < -0.4 is 0 Å². The average Bonchev–Trinajstić information content (AvgIpc) is 2.27. The minimum Gasteiger partial charge on any atom is -0.394 e. The smallest absolute Gasteiger partial charge is 0.214 e. The van der Waals surface area contributed by atoms with Crippen molar-refractivity contribution in [2.75, 3.05) is 25.5 Å². The summed E-state index contributed by atoms with van der Waals surface area (Å²) in [5.74, 6) is 0.544. The highest BCUT2D eigenvalue weighted by atomic mass is 32.2. The molecule has 0 spiro atoms. The molecule has 1 N–H and O–H groups in total. The van der Waals surface area contributed by atoms with Gasteiger partial charge in [0.25, 0.3) is 0 Å². The van der Waals surface area contributed by atoms with E-state index >= 15 is 0 Å². The van der Waals surface area contributed by atoms with E-state index in [0.717, 1.165) is 0 Å². The van der Waals surface area contributed by atoms with Crippen LogP contribution in [0.4, 0.5) is 0 Å². The first-order valence-electron chi connectivity index (χ1n) is 6.08. The zero-order chi connectivity index (χ0) is 13.1. The Morgan fingerprint density at radius 3 is 2.65 bits per heavy atom. The Balaban J connectivity index is 2.67. The standard InChI is InChI=1S/C11H23NO4S/c1-9(2)4-5-17(14,15)12-6-11(7-13)16-8-10(12)3/h9-11,13H,4-8H2,1-3H3. The molecule has 1 fully saturated rings. The van der Waals surface area contributed by atoms with E-state index in [0.29, 0.717) is 18.9 Å². The Kier molecular flexibility index (Phi) is 5.37. The lowest BCUT2D eigenvalue weighted by atomic mass is 10.2. The van der Waals surface area contributed by atoms with E-state index in [4.69, 9.17) is 9.84 Å². The molecule has 0 aromatic carbocycles. The Morgan fingerprint density at radius 1 is 1.47 bits per heavy atom. The monoisotopic (exact) mass is 265 g/mol. The summed E-state index contributed by atoms with van der Waals surface area (Å²) in [6.07, 6.45) is 0.274. The maximum Gasteiger partial charge on any atom is 0.214 e. The van der Waals surface area contributed by atoms with Gasteiger partial charge < -0.3 is 9.84 Å². The first-order chi connectivity index (χ1) is 7.86. The molecule has 2 unspecified atom stereocenters. The number of rotatable bonds is 5. The Morgan fingerprint density at radius 2 is 2.12 bits per heavy atom. The fraction of sp³-hybridized carbons (Fsp3) is 1.00. The highest BCUT2D eigenvalue weighted by Gasteiger charge is 2.33. The van der Waals surface area contributed by atoms with Gasteiger partial charge in [0.05, 0.1) is 25.1 Å². The fourth-order valence-electron chi connectivity index (χ4n) is 1.79. The van der Waals surface area contributed by atoms with Crippen LogP contribution >= 0.6 is 0 Å². The van der Waals surface area contributed by atoms with Crippen molar-refractivity contribution < 1.29 is 18.3 Å². The molecule has 0 aromatic heterocycles.